The van der Waals surface area contributed by atoms with Gasteiger partial charge in [-0.15, -0.1) is 0 Å². The second kappa shape index (κ2) is 17.5. The number of methoxy groups -OCH3 is 1. The Hall–Kier alpha value is -5.13. The molecule has 0 aromatic heterocycles. The Kier molecular flexibility index (Phi) is 12.2. The summed E-state index contributed by atoms with van der Waals surface area (Å²) in [5.74, 6) is -3.71. The number of Topliss-reactive ketones (excluding diaryl/α,β-unsaturated/α-hetero) is 2. The summed E-state index contributed by atoms with van der Waals surface area (Å²) < 4.78 is 33.5. The van der Waals surface area contributed by atoms with Crippen molar-refractivity contribution in [2.75, 3.05) is 26.8 Å². The van der Waals surface area contributed by atoms with Crippen molar-refractivity contribution in [3.8, 4) is 17.2 Å². The second-order valence-electron chi connectivity index (χ2n) is 22.0. The van der Waals surface area contributed by atoms with E-state index in [-0.39, 0.29) is 41.6 Å². The van der Waals surface area contributed by atoms with Crippen molar-refractivity contribution in [1.82, 2.24) is 10.2 Å². The van der Waals surface area contributed by atoms with Crippen LogP contribution < -0.4 is 19.5 Å². The number of hydrogen-bond acceptors (Lipinski definition) is 15. The fourth-order valence-corrected chi connectivity index (χ4v) is 13.7. The predicted octanol–water partition coefficient (Wildman–Crippen LogP) is 5.44. The molecule has 2 aromatic carbocycles. The number of rotatable bonds is 12. The Morgan fingerprint density at radius 2 is 1.69 bits per heavy atom. The maximum absolute atomic E-state index is 15.9. The lowest BCUT2D eigenvalue weighted by atomic mass is 9.38. The Bertz CT molecular complexity index is 2750. The largest absolute Gasteiger partial charge is 0.482 e. The van der Waals surface area contributed by atoms with Crippen molar-refractivity contribution < 1.29 is 63.6 Å². The average Bonchev–Trinajstić information content (AvgIpc) is 3.90. The molecule has 8 unspecified atom stereocenters. The van der Waals surface area contributed by atoms with Gasteiger partial charge >= 0.3 is 5.97 Å². The molecule has 13 atom stereocenters. The quantitative estimate of drug-likeness (QED) is 0.0888. The zero-order valence-electron chi connectivity index (χ0n) is 42.1. The second-order valence-corrected chi connectivity index (χ2v) is 22.0. The number of ether oxygens (including phenoxy) is 5. The van der Waals surface area contributed by atoms with E-state index in [2.05, 4.69) is 36.2 Å². The molecule has 380 valence electrons. The number of esters is 1. The molecule has 6 N–H and O–H groups in total. The van der Waals surface area contributed by atoms with Gasteiger partial charge in [0.2, 0.25) is 6.29 Å². The molecule has 2 aromatic rings. The van der Waals surface area contributed by atoms with E-state index in [1.807, 2.05) is 71.0 Å². The number of nitrogens with one attached hydrogen (secondary N) is 1. The Labute approximate surface area is 414 Å². The van der Waals surface area contributed by atoms with Gasteiger partial charge in [-0.3, -0.25) is 14.9 Å². The lowest BCUT2D eigenvalue weighted by Crippen LogP contribution is -2.86. The van der Waals surface area contributed by atoms with Crippen LogP contribution in [0.15, 0.2) is 70.9 Å². The molecular weight excluding hydrogens is 909 g/mol. The van der Waals surface area contributed by atoms with Crippen LogP contribution in [-0.4, -0.2) is 122 Å². The van der Waals surface area contributed by atoms with E-state index in [9.17, 15) is 30.3 Å². The first-order valence-electron chi connectivity index (χ1n) is 25.2. The third-order valence-electron chi connectivity index (χ3n) is 16.9. The number of carbonyl (C=O) groups is 3. The van der Waals surface area contributed by atoms with E-state index in [1.165, 1.54) is 7.11 Å². The van der Waals surface area contributed by atoms with Gasteiger partial charge < -0.3 is 54.1 Å². The zero-order chi connectivity index (χ0) is 50.9. The molecule has 2 saturated heterocycles. The number of nitrogens with zero attached hydrogens (tertiary/aromatic N) is 1. The van der Waals surface area contributed by atoms with Crippen molar-refractivity contribution in [2.45, 2.75) is 141 Å². The smallest absolute Gasteiger partial charge is 0.333 e. The maximum Gasteiger partial charge on any atom is 0.333 e. The summed E-state index contributed by atoms with van der Waals surface area (Å²) >= 11 is 0. The normalized spacial score (nSPS) is 36.0. The van der Waals surface area contributed by atoms with Crippen molar-refractivity contribution in [1.29, 1.82) is 0 Å². The van der Waals surface area contributed by atoms with Crippen molar-refractivity contribution >= 4 is 29.3 Å². The molecule has 2 spiro atoms. The molecule has 4 aliphatic carbocycles. The number of allylic oxidation sites excluding steroid dienone is 5. The van der Waals surface area contributed by atoms with Gasteiger partial charge in [-0.25, -0.2) is 4.79 Å². The zero-order valence-corrected chi connectivity index (χ0v) is 42.1. The van der Waals surface area contributed by atoms with Gasteiger partial charge in [0.15, 0.2) is 22.8 Å². The summed E-state index contributed by atoms with van der Waals surface area (Å²) in [4.78, 5) is 46.3. The lowest BCUT2D eigenvalue weighted by Gasteiger charge is -2.73. The minimum atomic E-state index is -2.28. The molecule has 5 heterocycles. The number of benzene rings is 2. The van der Waals surface area contributed by atoms with Gasteiger partial charge in [0.25, 0.3) is 0 Å². The van der Waals surface area contributed by atoms with Gasteiger partial charge in [0.05, 0.1) is 36.5 Å². The molecule has 3 saturated carbocycles. The van der Waals surface area contributed by atoms with Gasteiger partial charge in [-0.2, -0.15) is 0 Å². The number of carbonyl (C=O) groups excluding carboxylic acids is 3. The van der Waals surface area contributed by atoms with Crippen LogP contribution in [0.2, 0.25) is 0 Å². The average molecular weight is 977 g/mol. The summed E-state index contributed by atoms with van der Waals surface area (Å²) in [6, 6.07) is 7.46. The Morgan fingerprint density at radius 3 is 2.37 bits per heavy atom. The SMILES string of the molecule is COC(=O)C(C)=CCC1(O)C(=O)C2CC(C(C)C)C13Oc1c(CC=C(C)C)c4c(c(O[C@@H]5O[C@H](CO)[C@@H](O)[C@H](O)[C@H]5O)c1C15NCCN1C1=C(C(=O)c6ccccc61)C2C53)C=CC(C)(CCC=C(C)C)O4. The summed E-state index contributed by atoms with van der Waals surface area (Å²) in [7, 11) is 1.28. The van der Waals surface area contributed by atoms with Crippen molar-refractivity contribution in [2.24, 2.45) is 29.6 Å². The molecule has 5 aliphatic heterocycles. The summed E-state index contributed by atoms with van der Waals surface area (Å²) in [6.07, 6.45) is 3.06. The van der Waals surface area contributed by atoms with E-state index >= 15 is 9.59 Å². The first-order chi connectivity index (χ1) is 33.7. The summed E-state index contributed by atoms with van der Waals surface area (Å²) in [5.41, 5.74) is -0.0944. The number of ketones is 2. The van der Waals surface area contributed by atoms with Crippen LogP contribution in [0.3, 0.4) is 0 Å². The molecule has 9 aliphatic rings. The summed E-state index contributed by atoms with van der Waals surface area (Å²) in [6.45, 7) is 15.8. The molecule has 0 radical (unpaired) electrons. The van der Waals surface area contributed by atoms with E-state index in [4.69, 9.17) is 23.7 Å². The summed E-state index contributed by atoms with van der Waals surface area (Å²) in [5, 5.41) is 62.3. The van der Waals surface area contributed by atoms with Crippen LogP contribution >= 0.6 is 0 Å². The van der Waals surface area contributed by atoms with Gasteiger partial charge in [-0.1, -0.05) is 67.5 Å². The molecule has 15 nitrogen and oxygen atoms in total. The minimum Gasteiger partial charge on any atom is -0.482 e. The van der Waals surface area contributed by atoms with Gasteiger partial charge in [-0.05, 0) is 85.3 Å². The van der Waals surface area contributed by atoms with E-state index in [1.54, 1.807) is 13.0 Å². The van der Waals surface area contributed by atoms with Crippen LogP contribution in [0, 0.1) is 29.6 Å². The van der Waals surface area contributed by atoms with Gasteiger partial charge in [0.1, 0.15) is 52.9 Å². The van der Waals surface area contributed by atoms with Crippen LogP contribution in [0.5, 0.6) is 17.2 Å². The lowest BCUT2D eigenvalue weighted by molar-refractivity contribution is -0.289. The Morgan fingerprint density at radius 1 is 0.972 bits per heavy atom. The minimum absolute atomic E-state index is 0.149. The third kappa shape index (κ3) is 6.96. The standard InChI is InChI=1S/C56H68N2O13/c1-27(2)13-12-20-53(8)21-19-34-46(70-53)33(17-16-28(3)4)48-40(47(34)69-52-45(63)44(62)43(61)37(26-59)68-52)56-49-38(39-41(58(56)24-23-57-56)31-14-10-11-15-32(31)42(39)60)35-25-36(29(5)6)55(49,71-48)54(66,50(35)64)22-18-30(7)51(65)67-9/h10-11,13-16,18-19,21,29,35-38,43-45,49,52,57,59,61-63,66H,12,17,20,22-26H2,1-9H3/t35?,36?,37-,38?,43-,44+,45-,49?,52+,53?,54?,55?,56?/m1/s1. The molecule has 5 fully saturated rings. The van der Waals surface area contributed by atoms with Crippen molar-refractivity contribution in [3.63, 3.8) is 0 Å². The van der Waals surface area contributed by atoms with Crippen LogP contribution in [0.1, 0.15) is 114 Å². The molecule has 11 rings (SSSR count). The molecule has 2 bridgehead atoms. The Balaban J connectivity index is 1.35. The van der Waals surface area contributed by atoms with Crippen LogP contribution in [0.25, 0.3) is 11.8 Å². The number of aliphatic hydroxyl groups excluding tert-OH is 4. The predicted molar refractivity (Wildman–Crippen MR) is 262 cm³/mol. The highest BCUT2D eigenvalue weighted by molar-refractivity contribution is 6.21. The fraction of sp³-hybridized carbons (Fsp3) is 0.554. The highest BCUT2D eigenvalue weighted by atomic mass is 16.7. The third-order valence-corrected chi connectivity index (χ3v) is 16.9. The topological polar surface area (TPSA) is 214 Å². The number of hydrogen-bond donors (Lipinski definition) is 6. The van der Waals surface area contributed by atoms with Crippen molar-refractivity contribution in [3.05, 3.63) is 98.7 Å². The van der Waals surface area contributed by atoms with E-state index in [0.717, 1.165) is 11.1 Å². The maximum atomic E-state index is 15.9. The highest BCUT2D eigenvalue weighted by Crippen LogP contribution is 2.75. The highest BCUT2D eigenvalue weighted by Gasteiger charge is 2.84. The number of aliphatic hydroxyl groups is 5. The molecular formula is C56H68N2O13. The van der Waals surface area contributed by atoms with Crippen LogP contribution in [-0.2, 0) is 31.1 Å². The first-order valence-corrected chi connectivity index (χ1v) is 25.2. The first kappa shape index (κ1) is 49.4. The molecule has 71 heavy (non-hydrogen) atoms. The van der Waals surface area contributed by atoms with Crippen LogP contribution in [0.4, 0.5) is 0 Å². The van der Waals surface area contributed by atoms with Gasteiger partial charge in [0, 0.05) is 65.1 Å². The van der Waals surface area contributed by atoms with E-state index < -0.39 is 95.2 Å². The monoisotopic (exact) mass is 976 g/mol. The molecule has 15 heteroatoms. The fourth-order valence-electron chi connectivity index (χ4n) is 13.7. The number of fused-ring (bicyclic) bond motifs is 7. The molecule has 0 amide bonds. The van der Waals surface area contributed by atoms with E-state index in [0.29, 0.717) is 77.2 Å².